The lowest BCUT2D eigenvalue weighted by Crippen LogP contribution is -2.34. The second-order valence-corrected chi connectivity index (χ2v) is 9.30. The van der Waals surface area contributed by atoms with Gasteiger partial charge in [-0.05, 0) is 31.9 Å². The third kappa shape index (κ3) is 4.96. The number of hydrogen-bond acceptors (Lipinski definition) is 8. The summed E-state index contributed by atoms with van der Waals surface area (Å²) in [5.41, 5.74) is 3.31. The van der Waals surface area contributed by atoms with E-state index in [4.69, 9.17) is 9.26 Å². The van der Waals surface area contributed by atoms with E-state index in [2.05, 4.69) is 38.6 Å². The molecule has 0 spiro atoms. The van der Waals surface area contributed by atoms with Gasteiger partial charge in [0.15, 0.2) is 5.76 Å². The summed E-state index contributed by atoms with van der Waals surface area (Å²) in [5, 5.41) is 17.2. The maximum atomic E-state index is 12.3. The van der Waals surface area contributed by atoms with E-state index >= 15 is 0 Å². The molecule has 0 saturated carbocycles. The number of benzene rings is 1. The van der Waals surface area contributed by atoms with Crippen LogP contribution in [0.25, 0.3) is 34.0 Å². The van der Waals surface area contributed by atoms with Crippen LogP contribution in [0.1, 0.15) is 25.8 Å². The number of nitriles is 1. The highest BCUT2D eigenvalue weighted by atomic mass is 16.5. The van der Waals surface area contributed by atoms with E-state index in [1.165, 1.54) is 16.2 Å². The second-order valence-electron chi connectivity index (χ2n) is 9.30. The minimum absolute atomic E-state index is 0.261. The first kappa shape index (κ1) is 23.6. The summed E-state index contributed by atoms with van der Waals surface area (Å²) in [6.45, 7) is 5.75. The summed E-state index contributed by atoms with van der Waals surface area (Å²) in [5.74, 6) is 0.483. The highest BCUT2D eigenvalue weighted by Gasteiger charge is 2.21. The van der Waals surface area contributed by atoms with Crippen molar-refractivity contribution >= 4 is 0 Å². The van der Waals surface area contributed by atoms with E-state index in [-0.39, 0.29) is 5.56 Å². The van der Waals surface area contributed by atoms with Crippen LogP contribution in [0.15, 0.2) is 70.4 Å². The van der Waals surface area contributed by atoms with Gasteiger partial charge in [0.1, 0.15) is 16.9 Å². The SMILES string of the molecule is CC(C)(C#N)n1cc(-c2cncc(-c3cc(-c4ccc(CNC5CCOC5)cc4)no3)n2)ccc1=O. The zero-order valence-electron chi connectivity index (χ0n) is 20.1. The van der Waals surface area contributed by atoms with Crippen LogP contribution in [0.2, 0.25) is 0 Å². The average molecular weight is 483 g/mol. The van der Waals surface area contributed by atoms with Crippen LogP contribution < -0.4 is 10.9 Å². The monoisotopic (exact) mass is 482 g/mol. The van der Waals surface area contributed by atoms with E-state index in [9.17, 15) is 10.1 Å². The molecule has 0 amide bonds. The van der Waals surface area contributed by atoms with Gasteiger partial charge >= 0.3 is 0 Å². The molecular weight excluding hydrogens is 456 g/mol. The molecule has 0 bridgehead atoms. The highest BCUT2D eigenvalue weighted by molar-refractivity contribution is 5.66. The average Bonchev–Trinajstić information content (AvgIpc) is 3.61. The van der Waals surface area contributed by atoms with Gasteiger partial charge in [0.25, 0.3) is 5.56 Å². The molecule has 3 aromatic heterocycles. The predicted octanol–water partition coefficient (Wildman–Crippen LogP) is 3.76. The summed E-state index contributed by atoms with van der Waals surface area (Å²) >= 11 is 0. The Balaban J connectivity index is 1.35. The lowest BCUT2D eigenvalue weighted by Gasteiger charge is -2.19. The van der Waals surface area contributed by atoms with Gasteiger partial charge < -0.3 is 14.6 Å². The fourth-order valence-corrected chi connectivity index (χ4v) is 4.04. The first-order valence-electron chi connectivity index (χ1n) is 11.8. The summed E-state index contributed by atoms with van der Waals surface area (Å²) in [4.78, 5) is 21.3. The van der Waals surface area contributed by atoms with Crippen molar-refractivity contribution in [1.29, 1.82) is 5.26 Å². The summed E-state index contributed by atoms with van der Waals surface area (Å²) in [6, 6.07) is 15.7. The summed E-state index contributed by atoms with van der Waals surface area (Å²) in [6.07, 6.45) is 5.88. The number of nitrogens with zero attached hydrogens (tertiary/aromatic N) is 5. The standard InChI is InChI=1S/C27H26N6O3/c1-27(2,17-28)33-15-20(7-8-26(33)34)23-13-29-14-24(31-23)25-11-22(32-36-25)19-5-3-18(4-6-19)12-30-21-9-10-35-16-21/h3-8,11,13-15,21,30H,9-10,12,16H2,1-2H3. The molecule has 4 aromatic rings. The van der Waals surface area contributed by atoms with Crippen LogP contribution >= 0.6 is 0 Å². The minimum Gasteiger partial charge on any atom is -0.380 e. The fourth-order valence-electron chi connectivity index (χ4n) is 4.04. The molecule has 36 heavy (non-hydrogen) atoms. The molecule has 9 nitrogen and oxygen atoms in total. The molecule has 5 rings (SSSR count). The van der Waals surface area contributed by atoms with Gasteiger partial charge in [-0.1, -0.05) is 29.4 Å². The molecule has 182 valence electrons. The zero-order chi connectivity index (χ0) is 25.1. The molecular formula is C27H26N6O3. The van der Waals surface area contributed by atoms with Crippen molar-refractivity contribution in [2.75, 3.05) is 13.2 Å². The Hall–Kier alpha value is -4.13. The smallest absolute Gasteiger partial charge is 0.251 e. The Labute approximate surface area is 208 Å². The zero-order valence-corrected chi connectivity index (χ0v) is 20.1. The molecule has 1 N–H and O–H groups in total. The van der Waals surface area contributed by atoms with E-state index in [0.29, 0.717) is 34.4 Å². The van der Waals surface area contributed by atoms with Gasteiger partial charge in [-0.2, -0.15) is 5.26 Å². The Kier molecular flexibility index (Phi) is 6.46. The summed E-state index contributed by atoms with van der Waals surface area (Å²) < 4.78 is 12.4. The minimum atomic E-state index is -0.992. The quantitative estimate of drug-likeness (QED) is 0.423. The van der Waals surface area contributed by atoms with Gasteiger partial charge in [-0.3, -0.25) is 14.3 Å². The van der Waals surface area contributed by atoms with Crippen LogP contribution in [0.3, 0.4) is 0 Å². The fraction of sp³-hybridized carbons (Fsp3) is 0.296. The van der Waals surface area contributed by atoms with Crippen LogP contribution in [0, 0.1) is 11.3 Å². The topological polar surface area (TPSA) is 119 Å². The largest absolute Gasteiger partial charge is 0.380 e. The molecule has 1 aromatic carbocycles. The van der Waals surface area contributed by atoms with Crippen LogP contribution in [0.5, 0.6) is 0 Å². The third-order valence-electron chi connectivity index (χ3n) is 6.25. The molecule has 1 unspecified atom stereocenters. The van der Waals surface area contributed by atoms with E-state index < -0.39 is 5.54 Å². The maximum absolute atomic E-state index is 12.3. The third-order valence-corrected chi connectivity index (χ3v) is 6.25. The van der Waals surface area contributed by atoms with Crippen molar-refractivity contribution in [1.82, 2.24) is 25.0 Å². The van der Waals surface area contributed by atoms with Gasteiger partial charge in [-0.15, -0.1) is 0 Å². The van der Waals surface area contributed by atoms with Gasteiger partial charge in [0.2, 0.25) is 0 Å². The lowest BCUT2D eigenvalue weighted by molar-refractivity contribution is 0.190. The predicted molar refractivity (Wildman–Crippen MR) is 134 cm³/mol. The number of ether oxygens (including phenoxy) is 1. The van der Waals surface area contributed by atoms with E-state index in [1.807, 2.05) is 18.2 Å². The van der Waals surface area contributed by atoms with Crippen molar-refractivity contribution in [3.63, 3.8) is 0 Å². The first-order chi connectivity index (χ1) is 17.4. The molecule has 0 radical (unpaired) electrons. The normalized spacial score (nSPS) is 15.6. The Morgan fingerprint density at radius 3 is 2.64 bits per heavy atom. The van der Waals surface area contributed by atoms with Crippen molar-refractivity contribution in [2.45, 2.75) is 38.4 Å². The van der Waals surface area contributed by atoms with Gasteiger partial charge in [-0.25, -0.2) is 4.98 Å². The van der Waals surface area contributed by atoms with Gasteiger partial charge in [0, 0.05) is 48.6 Å². The van der Waals surface area contributed by atoms with Crippen LogP contribution in [0.4, 0.5) is 0 Å². The van der Waals surface area contributed by atoms with Crippen molar-refractivity contribution in [3.8, 4) is 40.0 Å². The Bertz CT molecular complexity index is 1460. The highest BCUT2D eigenvalue weighted by Crippen LogP contribution is 2.27. The molecule has 1 aliphatic rings. The Morgan fingerprint density at radius 1 is 1.11 bits per heavy atom. The molecule has 1 aliphatic heterocycles. The Morgan fingerprint density at radius 2 is 1.89 bits per heavy atom. The number of nitrogens with one attached hydrogen (secondary N) is 1. The first-order valence-corrected chi connectivity index (χ1v) is 11.8. The van der Waals surface area contributed by atoms with E-state index in [0.717, 1.165) is 31.7 Å². The number of rotatable bonds is 7. The molecule has 0 aliphatic carbocycles. The maximum Gasteiger partial charge on any atom is 0.251 e. The second kappa shape index (κ2) is 9.85. The van der Waals surface area contributed by atoms with Crippen molar-refractivity contribution in [2.24, 2.45) is 0 Å². The number of pyridine rings is 1. The van der Waals surface area contributed by atoms with Crippen LogP contribution in [-0.2, 0) is 16.8 Å². The molecule has 9 heteroatoms. The molecule has 1 saturated heterocycles. The number of aromatic nitrogens is 4. The summed E-state index contributed by atoms with van der Waals surface area (Å²) in [7, 11) is 0. The molecule has 4 heterocycles. The molecule has 1 fully saturated rings. The van der Waals surface area contributed by atoms with Crippen molar-refractivity contribution < 1.29 is 9.26 Å². The van der Waals surface area contributed by atoms with Gasteiger partial charge in [0.05, 0.1) is 30.8 Å². The van der Waals surface area contributed by atoms with Crippen LogP contribution in [-0.4, -0.2) is 38.9 Å². The van der Waals surface area contributed by atoms with E-state index in [1.54, 1.807) is 38.5 Å². The number of hydrogen-bond donors (Lipinski definition) is 1. The lowest BCUT2D eigenvalue weighted by atomic mass is 10.1. The van der Waals surface area contributed by atoms with Crippen molar-refractivity contribution in [3.05, 3.63) is 77.0 Å². The molecule has 1 atom stereocenters.